The van der Waals surface area contributed by atoms with Gasteiger partial charge in [-0.3, -0.25) is 9.20 Å². The van der Waals surface area contributed by atoms with Crippen LogP contribution >= 0.6 is 11.6 Å². The van der Waals surface area contributed by atoms with Crippen molar-refractivity contribution in [2.45, 2.75) is 0 Å². The van der Waals surface area contributed by atoms with Crippen molar-refractivity contribution in [1.29, 1.82) is 0 Å². The Kier molecular flexibility index (Phi) is 5.58. The highest BCUT2D eigenvalue weighted by Crippen LogP contribution is 2.34. The molecule has 0 unspecified atom stereocenters. The van der Waals surface area contributed by atoms with Gasteiger partial charge in [0.25, 0.3) is 5.91 Å². The van der Waals surface area contributed by atoms with E-state index in [0.717, 1.165) is 18.2 Å². The van der Waals surface area contributed by atoms with Crippen LogP contribution in [0.3, 0.4) is 0 Å². The Morgan fingerprint density at radius 3 is 2.51 bits per heavy atom. The number of aromatic hydroxyl groups is 1. The number of anilines is 1. The Hall–Kier alpha value is -4.44. The van der Waals surface area contributed by atoms with E-state index < -0.39 is 34.8 Å². The highest BCUT2D eigenvalue weighted by Gasteiger charge is 2.22. The van der Waals surface area contributed by atoms with E-state index >= 15 is 0 Å². The molecule has 2 aromatic carbocycles. The van der Waals surface area contributed by atoms with Crippen molar-refractivity contribution in [1.82, 2.24) is 19.4 Å². The van der Waals surface area contributed by atoms with Crippen molar-refractivity contribution in [3.8, 4) is 28.4 Å². The zero-order chi connectivity index (χ0) is 24.7. The minimum Gasteiger partial charge on any atom is -0.507 e. The topological polar surface area (TPSA) is 92.4 Å². The fraction of sp³-hybridized carbons (Fsp3) is 0. The summed E-state index contributed by atoms with van der Waals surface area (Å²) in [6.07, 6.45) is 2.90. The molecule has 0 radical (unpaired) electrons. The quantitative estimate of drug-likeness (QED) is 0.322. The van der Waals surface area contributed by atoms with Gasteiger partial charge in [-0.1, -0.05) is 6.07 Å². The largest absolute Gasteiger partial charge is 0.507 e. The second-order valence-corrected chi connectivity index (χ2v) is 7.71. The molecule has 0 aliphatic rings. The molecule has 0 bridgehead atoms. The number of hydrogen-bond acceptors (Lipinski definition) is 5. The van der Waals surface area contributed by atoms with E-state index in [4.69, 9.17) is 11.6 Å². The number of imidazole rings is 1. The molecular weight excluding hydrogens is 483 g/mol. The number of nitrogens with one attached hydrogen (secondary N) is 1. The Morgan fingerprint density at radius 2 is 1.77 bits per heavy atom. The fourth-order valence-corrected chi connectivity index (χ4v) is 3.74. The minimum atomic E-state index is -0.973. The number of phenolic OH excluding ortho intramolecular Hbond substituents is 1. The lowest BCUT2D eigenvalue weighted by Gasteiger charge is -2.11. The Balaban J connectivity index is 1.65. The summed E-state index contributed by atoms with van der Waals surface area (Å²) in [5.41, 5.74) is 0.750. The van der Waals surface area contributed by atoms with E-state index in [-0.39, 0.29) is 22.2 Å². The molecule has 7 nitrogen and oxygen atoms in total. The summed E-state index contributed by atoms with van der Waals surface area (Å²) in [5.74, 6) is -3.84. The lowest BCUT2D eigenvalue weighted by molar-refractivity contribution is 0.102. The highest BCUT2D eigenvalue weighted by molar-refractivity contribution is 6.28. The van der Waals surface area contributed by atoms with Crippen LogP contribution in [0.25, 0.3) is 28.3 Å². The molecule has 2 N–H and O–H groups in total. The summed E-state index contributed by atoms with van der Waals surface area (Å²) in [7, 11) is 0. The maximum absolute atomic E-state index is 14.0. The second-order valence-electron chi connectivity index (χ2n) is 7.38. The number of aromatic nitrogens is 4. The van der Waals surface area contributed by atoms with Crippen LogP contribution in [0.15, 0.2) is 67.0 Å². The summed E-state index contributed by atoms with van der Waals surface area (Å²) in [5, 5.41) is 12.4. The molecule has 0 atom stereocenters. The molecule has 0 aliphatic heterocycles. The van der Waals surface area contributed by atoms with Crippen molar-refractivity contribution in [2.24, 2.45) is 0 Å². The predicted molar refractivity (Wildman–Crippen MR) is 123 cm³/mol. The summed E-state index contributed by atoms with van der Waals surface area (Å²) < 4.78 is 43.5. The predicted octanol–water partition coefficient (Wildman–Crippen LogP) is 5.49. The molecule has 5 rings (SSSR count). The maximum atomic E-state index is 14.0. The molecular formula is C24H13ClF3N5O2. The number of hydrogen-bond donors (Lipinski definition) is 2. The first-order valence-electron chi connectivity index (χ1n) is 10.1. The van der Waals surface area contributed by atoms with Crippen molar-refractivity contribution in [2.75, 3.05) is 5.32 Å². The second kappa shape index (κ2) is 8.73. The number of carbonyl (C=O) groups is 1. The summed E-state index contributed by atoms with van der Waals surface area (Å²) in [4.78, 5) is 25.4. The lowest BCUT2D eigenvalue weighted by atomic mass is 10.0. The van der Waals surface area contributed by atoms with Crippen LogP contribution in [-0.4, -0.2) is 30.4 Å². The van der Waals surface area contributed by atoms with Crippen LogP contribution in [0.5, 0.6) is 5.75 Å². The van der Waals surface area contributed by atoms with Gasteiger partial charge >= 0.3 is 0 Å². The molecule has 0 spiro atoms. The van der Waals surface area contributed by atoms with Crippen LogP contribution in [0.4, 0.5) is 18.9 Å². The zero-order valence-corrected chi connectivity index (χ0v) is 18.3. The van der Waals surface area contributed by atoms with E-state index in [1.807, 2.05) is 0 Å². The average Bonchev–Trinajstić information content (AvgIpc) is 3.20. The molecule has 35 heavy (non-hydrogen) atoms. The first-order valence-corrected chi connectivity index (χ1v) is 10.4. The van der Waals surface area contributed by atoms with Gasteiger partial charge in [0.05, 0.1) is 22.6 Å². The summed E-state index contributed by atoms with van der Waals surface area (Å²) in [6.45, 7) is 0. The molecule has 5 aromatic rings. The van der Waals surface area contributed by atoms with Gasteiger partial charge in [-0.15, -0.1) is 0 Å². The summed E-state index contributed by atoms with van der Waals surface area (Å²) >= 11 is 5.97. The number of para-hydroxylation sites is 1. The molecule has 0 saturated carbocycles. The molecule has 1 amide bonds. The lowest BCUT2D eigenvalue weighted by Crippen LogP contribution is -2.14. The third-order valence-electron chi connectivity index (χ3n) is 5.17. The third-order valence-corrected chi connectivity index (χ3v) is 5.36. The minimum absolute atomic E-state index is 0.0248. The van der Waals surface area contributed by atoms with E-state index in [1.54, 1.807) is 10.5 Å². The van der Waals surface area contributed by atoms with Gasteiger partial charge in [0.2, 0.25) is 5.28 Å². The van der Waals surface area contributed by atoms with Gasteiger partial charge in [0.1, 0.15) is 34.5 Å². The van der Waals surface area contributed by atoms with Crippen molar-refractivity contribution >= 4 is 28.8 Å². The number of fused-ring (bicyclic) bond motifs is 1. The number of carbonyl (C=O) groups excluding carboxylic acids is 1. The van der Waals surface area contributed by atoms with Crippen molar-refractivity contribution < 1.29 is 23.1 Å². The monoisotopic (exact) mass is 495 g/mol. The van der Waals surface area contributed by atoms with Crippen LogP contribution in [0.2, 0.25) is 5.28 Å². The average molecular weight is 496 g/mol. The van der Waals surface area contributed by atoms with Gasteiger partial charge in [-0.2, -0.15) is 0 Å². The first kappa shape index (κ1) is 22.4. The first-order chi connectivity index (χ1) is 16.8. The van der Waals surface area contributed by atoms with Gasteiger partial charge in [0, 0.05) is 24.0 Å². The normalized spacial score (nSPS) is 11.1. The Bertz CT molecular complexity index is 1600. The fourth-order valence-electron chi connectivity index (χ4n) is 3.60. The van der Waals surface area contributed by atoms with Crippen LogP contribution in [-0.2, 0) is 0 Å². The number of halogens is 4. The van der Waals surface area contributed by atoms with Gasteiger partial charge in [-0.05, 0) is 54.1 Å². The highest BCUT2D eigenvalue weighted by atomic mass is 35.5. The third kappa shape index (κ3) is 4.15. The number of benzene rings is 2. The molecule has 0 aliphatic carbocycles. The van der Waals surface area contributed by atoms with E-state index in [0.29, 0.717) is 17.0 Å². The van der Waals surface area contributed by atoms with Crippen LogP contribution in [0, 0.1) is 17.5 Å². The van der Waals surface area contributed by atoms with Crippen molar-refractivity contribution in [3.05, 3.63) is 95.3 Å². The number of pyridine rings is 1. The van der Waals surface area contributed by atoms with Crippen LogP contribution in [0.1, 0.15) is 10.4 Å². The van der Waals surface area contributed by atoms with Gasteiger partial charge < -0.3 is 10.4 Å². The van der Waals surface area contributed by atoms with Gasteiger partial charge in [-0.25, -0.2) is 28.1 Å². The smallest absolute Gasteiger partial charge is 0.259 e. The molecule has 11 heteroatoms. The molecule has 174 valence electrons. The van der Waals surface area contributed by atoms with Crippen LogP contribution < -0.4 is 5.32 Å². The molecule has 0 fully saturated rings. The summed E-state index contributed by atoms with van der Waals surface area (Å²) in [6, 6.07) is 11.2. The van der Waals surface area contributed by atoms with Gasteiger partial charge in [0.15, 0.2) is 0 Å². The number of rotatable bonds is 4. The molecule has 0 saturated heterocycles. The number of nitrogens with zero attached hydrogens (tertiary/aromatic N) is 4. The Labute approximate surface area is 200 Å². The SMILES string of the molecule is O=C(Nc1c(F)cccc1F)c1cc(-c2nc3cc(F)ccn3c2-c2ccnc(Cl)n2)ccc1O. The van der Waals surface area contributed by atoms with E-state index in [2.05, 4.69) is 20.3 Å². The molecule has 3 heterocycles. The van der Waals surface area contributed by atoms with Crippen molar-refractivity contribution in [3.63, 3.8) is 0 Å². The van der Waals surface area contributed by atoms with E-state index in [9.17, 15) is 23.1 Å². The number of amides is 1. The zero-order valence-electron chi connectivity index (χ0n) is 17.5. The number of phenols is 1. The standard InChI is InChI=1S/C24H13ClF3N5O2/c25-24-29-8-6-17(30-24)22-20(31-19-11-13(26)7-9-33(19)22)12-4-5-18(34)14(10-12)23(35)32-21-15(27)2-1-3-16(21)28/h1-11,34H,(H,32,35). The Morgan fingerprint density at radius 1 is 1.00 bits per heavy atom. The maximum Gasteiger partial charge on any atom is 0.259 e. The van der Waals surface area contributed by atoms with E-state index in [1.165, 1.54) is 42.7 Å². The molecule has 3 aromatic heterocycles.